The smallest absolute Gasteiger partial charge is 0.138 e. The molecule has 5 aromatic carbocycles. The van der Waals surface area contributed by atoms with Gasteiger partial charge in [-0.3, -0.25) is 9.67 Å². The molecule has 0 radical (unpaired) electrons. The summed E-state index contributed by atoms with van der Waals surface area (Å²) in [6.45, 7) is 0. The van der Waals surface area contributed by atoms with E-state index in [4.69, 9.17) is 5.10 Å². The van der Waals surface area contributed by atoms with Crippen LogP contribution in [0.25, 0.3) is 44.7 Å². The molecule has 0 N–H and O–H groups in total. The Labute approximate surface area is 271 Å². The van der Waals surface area contributed by atoms with Crippen LogP contribution in [-0.4, -0.2) is 24.7 Å². The van der Waals surface area contributed by atoms with Crippen LogP contribution < -0.4 is 0 Å². The molecule has 0 spiro atoms. The van der Waals surface area contributed by atoms with E-state index < -0.39 is 5.54 Å². The van der Waals surface area contributed by atoms with E-state index in [1.165, 1.54) is 12.1 Å². The van der Waals surface area contributed by atoms with Crippen LogP contribution in [0.4, 0.5) is 4.39 Å². The maximum atomic E-state index is 14.2. The second-order valence-corrected chi connectivity index (χ2v) is 11.3. The fourth-order valence-electron chi connectivity index (χ4n) is 6.44. The molecule has 5 nitrogen and oxygen atoms in total. The second-order valence-electron chi connectivity index (χ2n) is 11.3. The lowest BCUT2D eigenvalue weighted by Crippen LogP contribution is -2.38. The van der Waals surface area contributed by atoms with Crippen molar-refractivity contribution in [1.82, 2.24) is 24.7 Å². The van der Waals surface area contributed by atoms with E-state index in [1.807, 2.05) is 42.5 Å². The van der Waals surface area contributed by atoms with Gasteiger partial charge in [0, 0.05) is 28.9 Å². The van der Waals surface area contributed by atoms with E-state index in [1.54, 1.807) is 24.7 Å². The zero-order valence-electron chi connectivity index (χ0n) is 25.3. The summed E-state index contributed by atoms with van der Waals surface area (Å²) in [5.74, 6) is -0.301. The molecule has 3 aromatic heterocycles. The van der Waals surface area contributed by atoms with Gasteiger partial charge in [0.1, 0.15) is 23.4 Å². The summed E-state index contributed by atoms with van der Waals surface area (Å²) in [6, 6.07) is 49.8. The Bertz CT molecular complexity index is 2190. The van der Waals surface area contributed by atoms with Crippen LogP contribution in [-0.2, 0) is 5.54 Å². The van der Waals surface area contributed by atoms with Gasteiger partial charge >= 0.3 is 0 Å². The average molecular weight is 610 g/mol. The van der Waals surface area contributed by atoms with Gasteiger partial charge in [-0.25, -0.2) is 14.4 Å². The van der Waals surface area contributed by atoms with Crippen molar-refractivity contribution in [2.24, 2.45) is 0 Å². The number of pyridine rings is 1. The molecule has 0 aliphatic carbocycles. The van der Waals surface area contributed by atoms with Crippen LogP contribution >= 0.6 is 0 Å². The Hall–Kier alpha value is -6.27. The number of halogens is 1. The summed E-state index contributed by atoms with van der Waals surface area (Å²) >= 11 is 0. The molecule has 6 heteroatoms. The average Bonchev–Trinajstić information content (AvgIpc) is 3.59. The number of hydrogen-bond donors (Lipinski definition) is 0. The molecule has 0 saturated heterocycles. The van der Waals surface area contributed by atoms with Gasteiger partial charge in [-0.1, -0.05) is 103 Å². The molecule has 0 amide bonds. The first kappa shape index (κ1) is 28.2. The third-order valence-corrected chi connectivity index (χ3v) is 8.60. The van der Waals surface area contributed by atoms with E-state index in [2.05, 4.69) is 111 Å². The van der Waals surface area contributed by atoms with Crippen molar-refractivity contribution in [2.75, 3.05) is 0 Å². The van der Waals surface area contributed by atoms with Crippen molar-refractivity contribution in [3.8, 4) is 33.8 Å². The van der Waals surface area contributed by atoms with Gasteiger partial charge in [-0.15, -0.1) is 0 Å². The molecule has 47 heavy (non-hydrogen) atoms. The summed E-state index contributed by atoms with van der Waals surface area (Å²) in [5, 5.41) is 6.28. The van der Waals surface area contributed by atoms with E-state index in [0.29, 0.717) is 0 Å². The first-order valence-corrected chi connectivity index (χ1v) is 15.4. The normalized spacial score (nSPS) is 11.5. The maximum Gasteiger partial charge on any atom is 0.138 e. The number of aromatic nitrogens is 5. The topological polar surface area (TPSA) is 56.5 Å². The largest absolute Gasteiger partial charge is 0.255 e. The molecule has 0 fully saturated rings. The number of rotatable bonds is 7. The number of benzene rings is 5. The quantitative estimate of drug-likeness (QED) is 0.169. The Kier molecular flexibility index (Phi) is 7.15. The molecule has 0 saturated carbocycles. The second kappa shape index (κ2) is 11.9. The summed E-state index contributed by atoms with van der Waals surface area (Å²) in [7, 11) is 0. The van der Waals surface area contributed by atoms with Crippen molar-refractivity contribution >= 4 is 10.9 Å². The molecule has 224 valence electrons. The van der Waals surface area contributed by atoms with Crippen molar-refractivity contribution < 1.29 is 4.39 Å². The van der Waals surface area contributed by atoms with Gasteiger partial charge in [0.2, 0.25) is 0 Å². The zero-order valence-corrected chi connectivity index (χ0v) is 25.3. The van der Waals surface area contributed by atoms with Gasteiger partial charge in [0.15, 0.2) is 0 Å². The molecular formula is C41H28FN5. The highest BCUT2D eigenvalue weighted by Gasteiger charge is 2.40. The number of hydrogen-bond acceptors (Lipinski definition) is 4. The first-order chi connectivity index (χ1) is 23.2. The van der Waals surface area contributed by atoms with Gasteiger partial charge in [0.05, 0.1) is 16.9 Å². The molecule has 8 rings (SSSR count). The summed E-state index contributed by atoms with van der Waals surface area (Å²) in [6.07, 6.45) is 5.44. The summed E-state index contributed by atoms with van der Waals surface area (Å²) in [4.78, 5) is 13.8. The van der Waals surface area contributed by atoms with Crippen LogP contribution in [0.5, 0.6) is 0 Å². The van der Waals surface area contributed by atoms with Crippen molar-refractivity contribution in [3.63, 3.8) is 0 Å². The Balaban J connectivity index is 1.44. The predicted molar refractivity (Wildman–Crippen MR) is 184 cm³/mol. The minimum absolute atomic E-state index is 0.301. The van der Waals surface area contributed by atoms with Crippen molar-refractivity contribution in [1.29, 1.82) is 0 Å². The van der Waals surface area contributed by atoms with E-state index >= 15 is 0 Å². The third kappa shape index (κ3) is 4.96. The molecule has 0 aliphatic heterocycles. The number of fused-ring (bicyclic) bond motifs is 1. The highest BCUT2D eigenvalue weighted by molar-refractivity contribution is 5.95. The Morgan fingerprint density at radius 2 is 1.13 bits per heavy atom. The molecule has 0 atom stereocenters. The fraction of sp³-hybridized carbons (Fsp3) is 0.0244. The lowest BCUT2D eigenvalue weighted by molar-refractivity contribution is 0.461. The number of nitrogens with zero attached hydrogens (tertiary/aromatic N) is 5. The monoisotopic (exact) mass is 609 g/mol. The van der Waals surface area contributed by atoms with E-state index in [9.17, 15) is 4.39 Å². The summed E-state index contributed by atoms with van der Waals surface area (Å²) < 4.78 is 16.3. The van der Waals surface area contributed by atoms with Gasteiger partial charge < -0.3 is 0 Å². The molecular weight excluding hydrogens is 581 g/mol. The van der Waals surface area contributed by atoms with Crippen LogP contribution in [0.2, 0.25) is 0 Å². The van der Waals surface area contributed by atoms with E-state index in [-0.39, 0.29) is 5.82 Å². The minimum Gasteiger partial charge on any atom is -0.255 e. The molecule has 3 heterocycles. The SMILES string of the molecule is Fc1ccc(-c2nn(C(c3ccccc3)(c3ccccc3)c3ccccc3)cc2-c2ccc3ncnc(-c4ccccn4)c3c2)cc1. The predicted octanol–water partition coefficient (Wildman–Crippen LogP) is 9.20. The van der Waals surface area contributed by atoms with Crippen LogP contribution in [0.3, 0.4) is 0 Å². The van der Waals surface area contributed by atoms with E-state index in [0.717, 1.165) is 61.4 Å². The standard InChI is InChI=1S/C41H28FN5/c42-34-22-19-29(20-23-34)39-36(30-21-24-37-35(26-30)40(45-28-44-37)38-18-10-11-25-43-38)27-47(46-39)41(31-12-4-1-5-13-31,32-14-6-2-7-15-32)33-16-8-3-9-17-33/h1-28H. The van der Waals surface area contributed by atoms with Gasteiger partial charge in [-0.2, -0.15) is 5.10 Å². The lowest BCUT2D eigenvalue weighted by atomic mass is 9.77. The zero-order chi connectivity index (χ0) is 31.6. The van der Waals surface area contributed by atoms with Gasteiger partial charge in [0.25, 0.3) is 0 Å². The van der Waals surface area contributed by atoms with Gasteiger partial charge in [-0.05, 0) is 70.8 Å². The highest BCUT2D eigenvalue weighted by Crippen LogP contribution is 2.43. The minimum atomic E-state index is -0.824. The first-order valence-electron chi connectivity index (χ1n) is 15.4. The van der Waals surface area contributed by atoms with Crippen LogP contribution in [0, 0.1) is 5.82 Å². The van der Waals surface area contributed by atoms with Crippen LogP contribution in [0.1, 0.15) is 16.7 Å². The third-order valence-electron chi connectivity index (χ3n) is 8.60. The molecule has 0 aliphatic rings. The Morgan fingerprint density at radius 3 is 1.72 bits per heavy atom. The Morgan fingerprint density at radius 1 is 0.532 bits per heavy atom. The maximum absolute atomic E-state index is 14.2. The summed E-state index contributed by atoms with van der Waals surface area (Å²) in [5.41, 5.74) is 8.03. The molecule has 0 bridgehead atoms. The fourth-order valence-corrected chi connectivity index (χ4v) is 6.44. The van der Waals surface area contributed by atoms with Crippen molar-refractivity contribution in [3.05, 3.63) is 193 Å². The molecule has 0 unspecified atom stereocenters. The molecule has 8 aromatic rings. The lowest BCUT2D eigenvalue weighted by Gasteiger charge is -2.36. The highest BCUT2D eigenvalue weighted by atomic mass is 19.1. The van der Waals surface area contributed by atoms with Crippen molar-refractivity contribution in [2.45, 2.75) is 5.54 Å². The van der Waals surface area contributed by atoms with Crippen LogP contribution in [0.15, 0.2) is 170 Å².